The van der Waals surface area contributed by atoms with E-state index in [2.05, 4.69) is 28.7 Å². The molecule has 0 saturated carbocycles. The van der Waals surface area contributed by atoms with E-state index in [0.29, 0.717) is 6.54 Å². The van der Waals surface area contributed by atoms with Crippen LogP contribution in [0.15, 0.2) is 18.2 Å². The number of halogens is 2. The van der Waals surface area contributed by atoms with Crippen LogP contribution < -0.4 is 4.90 Å². The maximum Gasteiger partial charge on any atom is 0.107 e. The van der Waals surface area contributed by atoms with E-state index >= 15 is 0 Å². The van der Waals surface area contributed by atoms with Gasteiger partial charge in [0.15, 0.2) is 0 Å². The van der Waals surface area contributed by atoms with Gasteiger partial charge in [-0.25, -0.2) is 0 Å². The van der Waals surface area contributed by atoms with Gasteiger partial charge in [0.2, 0.25) is 0 Å². The minimum absolute atomic E-state index is 0. The SMILES string of the molecule is C#CCOCC(O)CN1CCN(c2cc(Cl)ccc2C)CC1.Cl. The number of nitrogens with zero attached hydrogens (tertiary/aromatic N) is 2. The molecule has 1 aliphatic rings. The van der Waals surface area contributed by atoms with E-state index in [4.69, 9.17) is 22.8 Å². The van der Waals surface area contributed by atoms with Crippen LogP contribution in [0.1, 0.15) is 5.56 Å². The van der Waals surface area contributed by atoms with Crippen molar-refractivity contribution in [3.05, 3.63) is 28.8 Å². The number of β-amino-alcohol motifs (C(OH)–C–C–N with tert-alkyl or cyclic N) is 1. The maximum absolute atomic E-state index is 9.93. The third-order valence-corrected chi connectivity index (χ3v) is 4.08. The van der Waals surface area contributed by atoms with E-state index in [0.717, 1.165) is 31.2 Å². The molecule has 4 nitrogen and oxygen atoms in total. The number of aryl methyl sites for hydroxylation is 1. The minimum atomic E-state index is -0.493. The van der Waals surface area contributed by atoms with Crippen LogP contribution in [0.5, 0.6) is 0 Å². The monoisotopic (exact) mass is 358 g/mol. The molecule has 6 heteroatoms. The Bertz CT molecular complexity index is 526. The van der Waals surface area contributed by atoms with E-state index in [1.54, 1.807) is 0 Å². The van der Waals surface area contributed by atoms with Crippen molar-refractivity contribution in [3.8, 4) is 12.3 Å². The van der Waals surface area contributed by atoms with Gasteiger partial charge in [-0.3, -0.25) is 4.90 Å². The number of rotatable bonds is 6. The molecule has 128 valence electrons. The summed E-state index contributed by atoms with van der Waals surface area (Å²) in [4.78, 5) is 4.60. The lowest BCUT2D eigenvalue weighted by molar-refractivity contribution is 0.0267. The predicted molar refractivity (Wildman–Crippen MR) is 97.7 cm³/mol. The van der Waals surface area contributed by atoms with Gasteiger partial charge in [-0.2, -0.15) is 0 Å². The molecule has 0 bridgehead atoms. The van der Waals surface area contributed by atoms with Gasteiger partial charge in [0, 0.05) is 43.4 Å². The lowest BCUT2D eigenvalue weighted by Gasteiger charge is -2.37. The quantitative estimate of drug-likeness (QED) is 0.624. The van der Waals surface area contributed by atoms with Gasteiger partial charge in [-0.1, -0.05) is 23.6 Å². The Kier molecular flexibility index (Phi) is 8.75. The number of aliphatic hydroxyl groups is 1. The Morgan fingerprint density at radius 2 is 2.04 bits per heavy atom. The van der Waals surface area contributed by atoms with E-state index in [1.807, 2.05) is 12.1 Å². The lowest BCUT2D eigenvalue weighted by atomic mass is 10.1. The Morgan fingerprint density at radius 1 is 1.35 bits per heavy atom. The summed E-state index contributed by atoms with van der Waals surface area (Å²) in [7, 11) is 0. The fourth-order valence-electron chi connectivity index (χ4n) is 2.70. The topological polar surface area (TPSA) is 35.9 Å². The van der Waals surface area contributed by atoms with Crippen LogP contribution in [0.4, 0.5) is 5.69 Å². The molecule has 0 aromatic heterocycles. The van der Waals surface area contributed by atoms with Crippen molar-refractivity contribution < 1.29 is 9.84 Å². The van der Waals surface area contributed by atoms with Gasteiger partial charge < -0.3 is 14.7 Å². The first kappa shape index (κ1) is 20.1. The van der Waals surface area contributed by atoms with Crippen LogP contribution in [0, 0.1) is 19.3 Å². The molecular weight excluding hydrogens is 335 g/mol. The molecule has 0 amide bonds. The van der Waals surface area contributed by atoms with Crippen LogP contribution in [-0.2, 0) is 4.74 Å². The summed E-state index contributed by atoms with van der Waals surface area (Å²) in [5.74, 6) is 2.40. The second-order valence-corrected chi connectivity index (χ2v) is 6.03. The molecule has 0 radical (unpaired) electrons. The standard InChI is InChI=1S/C17H23ClN2O2.ClH/c1-3-10-22-13-16(21)12-19-6-8-20(9-7-19)17-11-15(18)5-4-14(17)2;/h1,4-5,11,16,21H,6-10,12-13H2,2H3;1H. The first-order valence-electron chi connectivity index (χ1n) is 7.53. The summed E-state index contributed by atoms with van der Waals surface area (Å²) < 4.78 is 5.17. The van der Waals surface area contributed by atoms with Gasteiger partial charge in [-0.15, -0.1) is 18.8 Å². The van der Waals surface area contributed by atoms with E-state index < -0.39 is 6.10 Å². The van der Waals surface area contributed by atoms with Crippen molar-refractivity contribution in [1.82, 2.24) is 4.90 Å². The number of piperazine rings is 1. The zero-order valence-electron chi connectivity index (χ0n) is 13.4. The van der Waals surface area contributed by atoms with Crippen LogP contribution in [-0.4, -0.2) is 62.0 Å². The van der Waals surface area contributed by atoms with Crippen molar-refractivity contribution >= 4 is 29.7 Å². The Labute approximate surface area is 149 Å². The van der Waals surface area contributed by atoms with E-state index in [-0.39, 0.29) is 25.6 Å². The lowest BCUT2D eigenvalue weighted by Crippen LogP contribution is -2.49. The highest BCUT2D eigenvalue weighted by molar-refractivity contribution is 6.30. The van der Waals surface area contributed by atoms with E-state index in [9.17, 15) is 5.11 Å². The molecule has 1 saturated heterocycles. The number of hydrogen-bond donors (Lipinski definition) is 1. The summed E-state index contributed by atoms with van der Waals surface area (Å²) in [6, 6.07) is 5.99. The Balaban J connectivity index is 0.00000264. The first-order chi connectivity index (χ1) is 10.6. The maximum atomic E-state index is 9.93. The van der Waals surface area contributed by atoms with Crippen LogP contribution in [0.3, 0.4) is 0 Å². The Morgan fingerprint density at radius 3 is 2.70 bits per heavy atom. The summed E-state index contributed by atoms with van der Waals surface area (Å²) in [5.41, 5.74) is 2.44. The number of anilines is 1. The smallest absolute Gasteiger partial charge is 0.107 e. The molecule has 1 atom stereocenters. The van der Waals surface area contributed by atoms with Crippen LogP contribution in [0.25, 0.3) is 0 Å². The molecule has 0 spiro atoms. The number of benzene rings is 1. The number of ether oxygens (including phenoxy) is 1. The average molecular weight is 359 g/mol. The summed E-state index contributed by atoms with van der Waals surface area (Å²) in [5, 5.41) is 10.7. The summed E-state index contributed by atoms with van der Waals surface area (Å²) >= 11 is 6.10. The van der Waals surface area contributed by atoms with Crippen LogP contribution >= 0.6 is 24.0 Å². The van der Waals surface area contributed by atoms with Crippen molar-refractivity contribution in [1.29, 1.82) is 0 Å². The van der Waals surface area contributed by atoms with Crippen LogP contribution in [0.2, 0.25) is 5.02 Å². The molecule has 0 aliphatic carbocycles. The number of aliphatic hydroxyl groups excluding tert-OH is 1. The molecule has 1 aromatic rings. The number of terminal acetylenes is 1. The fraction of sp³-hybridized carbons (Fsp3) is 0.529. The highest BCUT2D eigenvalue weighted by atomic mass is 35.5. The molecule has 1 heterocycles. The average Bonchev–Trinajstić information content (AvgIpc) is 2.51. The normalized spacial score (nSPS) is 16.5. The highest BCUT2D eigenvalue weighted by Gasteiger charge is 2.20. The van der Waals surface area contributed by atoms with Gasteiger partial charge in [0.05, 0.1) is 12.7 Å². The summed E-state index contributed by atoms with van der Waals surface area (Å²) in [6.07, 6.45) is 4.62. The fourth-order valence-corrected chi connectivity index (χ4v) is 2.87. The molecule has 1 N–H and O–H groups in total. The predicted octanol–water partition coefficient (Wildman–Crippen LogP) is 2.20. The molecular formula is C17H24Cl2N2O2. The highest BCUT2D eigenvalue weighted by Crippen LogP contribution is 2.25. The minimum Gasteiger partial charge on any atom is -0.389 e. The molecule has 1 fully saturated rings. The number of hydrogen-bond acceptors (Lipinski definition) is 4. The zero-order chi connectivity index (χ0) is 15.9. The second-order valence-electron chi connectivity index (χ2n) is 5.59. The van der Waals surface area contributed by atoms with Crippen molar-refractivity contribution in [2.45, 2.75) is 13.0 Å². The third-order valence-electron chi connectivity index (χ3n) is 3.85. The second kappa shape index (κ2) is 10.0. The molecule has 1 aliphatic heterocycles. The molecule has 23 heavy (non-hydrogen) atoms. The largest absolute Gasteiger partial charge is 0.389 e. The molecule has 1 aromatic carbocycles. The molecule has 2 rings (SSSR count). The van der Waals surface area contributed by atoms with Gasteiger partial charge >= 0.3 is 0 Å². The van der Waals surface area contributed by atoms with Gasteiger partial charge in [-0.05, 0) is 24.6 Å². The van der Waals surface area contributed by atoms with Gasteiger partial charge in [0.25, 0.3) is 0 Å². The van der Waals surface area contributed by atoms with Crippen molar-refractivity contribution in [2.75, 3.05) is 50.8 Å². The Hall–Kier alpha value is -0.960. The van der Waals surface area contributed by atoms with Gasteiger partial charge in [0.1, 0.15) is 6.61 Å². The third kappa shape index (κ3) is 6.21. The zero-order valence-corrected chi connectivity index (χ0v) is 14.9. The summed E-state index contributed by atoms with van der Waals surface area (Å²) in [6.45, 7) is 6.95. The van der Waals surface area contributed by atoms with Crippen molar-refractivity contribution in [2.24, 2.45) is 0 Å². The van der Waals surface area contributed by atoms with Crippen molar-refractivity contribution in [3.63, 3.8) is 0 Å². The first-order valence-corrected chi connectivity index (χ1v) is 7.90. The molecule has 1 unspecified atom stereocenters. The van der Waals surface area contributed by atoms with E-state index in [1.165, 1.54) is 11.3 Å².